The molecule has 4 nitrogen and oxygen atoms in total. The Morgan fingerprint density at radius 2 is 1.73 bits per heavy atom. The van der Waals surface area contributed by atoms with E-state index in [0.717, 1.165) is 17.2 Å². The second-order valence-electron chi connectivity index (χ2n) is 2.93. The smallest absolute Gasteiger partial charge is 0.128 e. The first-order valence-corrected chi connectivity index (χ1v) is 4.27. The van der Waals surface area contributed by atoms with Crippen LogP contribution in [0.1, 0.15) is 11.6 Å². The molecule has 0 saturated heterocycles. The number of rotatable bonds is 1. The number of pyridine rings is 1. The van der Waals surface area contributed by atoms with Gasteiger partial charge in [-0.15, -0.1) is 12.1 Å². The van der Waals surface area contributed by atoms with Gasteiger partial charge in [0.2, 0.25) is 0 Å². The third-order valence-corrected chi connectivity index (χ3v) is 1.74. The molecule has 0 spiro atoms. The van der Waals surface area contributed by atoms with Crippen molar-refractivity contribution in [3.8, 4) is 11.4 Å². The second-order valence-corrected chi connectivity index (χ2v) is 2.93. The first-order chi connectivity index (χ1) is 6.75. The fraction of sp³-hybridized carbons (Fsp3) is 0.200. The van der Waals surface area contributed by atoms with Crippen LogP contribution < -0.4 is 0 Å². The monoisotopic (exact) mass is 369 g/mol. The van der Waals surface area contributed by atoms with E-state index in [1.807, 2.05) is 19.9 Å². The van der Waals surface area contributed by atoms with E-state index in [0.29, 0.717) is 5.82 Å². The summed E-state index contributed by atoms with van der Waals surface area (Å²) in [5, 5.41) is 0. The Kier molecular flexibility index (Phi) is 4.03. The maximum Gasteiger partial charge on any atom is 0.128 e. The molecule has 0 bridgehead atoms. The molecule has 0 saturated carbocycles. The van der Waals surface area contributed by atoms with Crippen LogP contribution in [0.4, 0.5) is 0 Å². The van der Waals surface area contributed by atoms with Crippen LogP contribution in [0.2, 0.25) is 0 Å². The van der Waals surface area contributed by atoms with E-state index in [4.69, 9.17) is 0 Å². The summed E-state index contributed by atoms with van der Waals surface area (Å²) in [5.41, 5.74) is 0.911. The summed E-state index contributed by atoms with van der Waals surface area (Å²) < 4.78 is 0. The van der Waals surface area contributed by atoms with Gasteiger partial charge in [-0.3, -0.25) is 0 Å². The van der Waals surface area contributed by atoms with Crippen molar-refractivity contribution in [3.05, 3.63) is 36.2 Å². The van der Waals surface area contributed by atoms with Crippen molar-refractivity contribution in [2.24, 2.45) is 0 Å². The molecule has 2 aromatic heterocycles. The maximum atomic E-state index is 4.23. The van der Waals surface area contributed by atoms with Gasteiger partial charge in [-0.05, 0) is 13.8 Å². The van der Waals surface area contributed by atoms with Crippen LogP contribution in [-0.4, -0.2) is 19.9 Å². The van der Waals surface area contributed by atoms with Gasteiger partial charge >= 0.3 is 0 Å². The molecule has 2 rings (SSSR count). The van der Waals surface area contributed by atoms with E-state index in [-0.39, 0.29) is 21.1 Å². The van der Waals surface area contributed by atoms with Crippen LogP contribution in [0, 0.1) is 20.0 Å². The summed E-state index contributed by atoms with van der Waals surface area (Å²) in [7, 11) is 0. The van der Waals surface area contributed by atoms with E-state index in [1.165, 1.54) is 0 Å². The van der Waals surface area contributed by atoms with Crippen molar-refractivity contribution in [1.29, 1.82) is 0 Å². The molecule has 0 radical (unpaired) electrons. The molecule has 2 aromatic rings. The fourth-order valence-corrected chi connectivity index (χ4v) is 1.20. The van der Waals surface area contributed by atoms with Crippen LogP contribution in [-0.2, 0) is 21.1 Å². The van der Waals surface area contributed by atoms with Gasteiger partial charge in [0, 0.05) is 21.1 Å². The normalized spacial score (nSPS) is 9.47. The molecule has 0 aromatic carbocycles. The second kappa shape index (κ2) is 5.08. The van der Waals surface area contributed by atoms with E-state index in [1.54, 1.807) is 12.3 Å². The van der Waals surface area contributed by atoms with Gasteiger partial charge in [0.15, 0.2) is 0 Å². The van der Waals surface area contributed by atoms with Crippen LogP contribution in [0.5, 0.6) is 0 Å². The molecule has 0 aliphatic heterocycles. The Morgan fingerprint density at radius 3 is 2.27 bits per heavy atom. The van der Waals surface area contributed by atoms with E-state index >= 15 is 0 Å². The molecule has 0 N–H and O–H groups in total. The zero-order valence-electron chi connectivity index (χ0n) is 8.43. The summed E-state index contributed by atoms with van der Waals surface area (Å²) in [6.45, 7) is 3.70. The Balaban J connectivity index is 0.00000112. The van der Waals surface area contributed by atoms with Gasteiger partial charge in [-0.2, -0.15) is 0 Å². The molecular weight excluding hydrogens is 360 g/mol. The molecule has 15 heavy (non-hydrogen) atoms. The molecule has 5 heteroatoms. The standard InChI is InChI=1S/C10H9N4.W/c1-7-12-8(2)14-10(13-7)9-3-5-11-6-4-9;/h3-5H,1-2H3;/q-1;. The summed E-state index contributed by atoms with van der Waals surface area (Å²) in [5.74, 6) is 2.13. The average molecular weight is 369 g/mol. The number of aromatic nitrogens is 4. The summed E-state index contributed by atoms with van der Waals surface area (Å²) in [4.78, 5) is 16.4. The van der Waals surface area contributed by atoms with Crippen molar-refractivity contribution < 1.29 is 21.1 Å². The van der Waals surface area contributed by atoms with Crippen LogP contribution in [0.15, 0.2) is 18.3 Å². The molecule has 0 unspecified atom stereocenters. The minimum absolute atomic E-state index is 0. The van der Waals surface area contributed by atoms with Crippen LogP contribution in [0.25, 0.3) is 11.4 Å². The molecule has 2 heterocycles. The average Bonchev–Trinajstić information content (AvgIpc) is 2.18. The van der Waals surface area contributed by atoms with Crippen LogP contribution in [0.3, 0.4) is 0 Å². The number of aryl methyl sites for hydroxylation is 2. The molecule has 0 amide bonds. The van der Waals surface area contributed by atoms with Gasteiger partial charge < -0.3 is 4.98 Å². The number of hydrogen-bond donors (Lipinski definition) is 0. The Labute approximate surface area is 102 Å². The minimum atomic E-state index is 0. The minimum Gasteiger partial charge on any atom is -0.394 e. The van der Waals surface area contributed by atoms with Crippen molar-refractivity contribution >= 4 is 0 Å². The summed E-state index contributed by atoms with van der Waals surface area (Å²) >= 11 is 0. The third kappa shape index (κ3) is 2.90. The molecule has 0 aliphatic rings. The SMILES string of the molecule is Cc1nc(C)nc(-c2c[c-]ncc2)n1.[W]. The van der Waals surface area contributed by atoms with Gasteiger partial charge in [0.1, 0.15) is 17.5 Å². The van der Waals surface area contributed by atoms with Crippen molar-refractivity contribution in [3.63, 3.8) is 0 Å². The third-order valence-electron chi connectivity index (χ3n) is 1.74. The largest absolute Gasteiger partial charge is 0.394 e. The van der Waals surface area contributed by atoms with Gasteiger partial charge in [-0.25, -0.2) is 15.0 Å². The zero-order valence-corrected chi connectivity index (χ0v) is 11.4. The Bertz CT molecular complexity index is 424. The molecule has 76 valence electrons. The number of nitrogens with zero attached hydrogens (tertiary/aromatic N) is 4. The maximum absolute atomic E-state index is 4.23. The van der Waals surface area contributed by atoms with Gasteiger partial charge in [-0.1, -0.05) is 18.0 Å². The first kappa shape index (κ1) is 11.9. The van der Waals surface area contributed by atoms with E-state index in [9.17, 15) is 0 Å². The predicted molar refractivity (Wildman–Crippen MR) is 51.4 cm³/mol. The van der Waals surface area contributed by atoms with E-state index in [2.05, 4.69) is 26.1 Å². The zero-order chi connectivity index (χ0) is 9.97. The molecular formula is C10H9N4W-. The quantitative estimate of drug-likeness (QED) is 0.713. The topological polar surface area (TPSA) is 51.6 Å². The Morgan fingerprint density at radius 1 is 1.07 bits per heavy atom. The van der Waals surface area contributed by atoms with Gasteiger partial charge in [0.05, 0.1) is 0 Å². The van der Waals surface area contributed by atoms with Crippen LogP contribution >= 0.6 is 0 Å². The van der Waals surface area contributed by atoms with Crippen molar-refractivity contribution in [2.75, 3.05) is 0 Å². The van der Waals surface area contributed by atoms with Gasteiger partial charge in [0.25, 0.3) is 0 Å². The predicted octanol–water partition coefficient (Wildman–Crippen LogP) is 1.35. The summed E-state index contributed by atoms with van der Waals surface area (Å²) in [6, 6.07) is 3.61. The summed E-state index contributed by atoms with van der Waals surface area (Å²) in [6.07, 6.45) is 4.42. The molecule has 0 fully saturated rings. The number of hydrogen-bond acceptors (Lipinski definition) is 4. The first-order valence-electron chi connectivity index (χ1n) is 4.27. The van der Waals surface area contributed by atoms with Crippen molar-refractivity contribution in [1.82, 2.24) is 19.9 Å². The van der Waals surface area contributed by atoms with Crippen molar-refractivity contribution in [2.45, 2.75) is 13.8 Å². The van der Waals surface area contributed by atoms with E-state index < -0.39 is 0 Å². The fourth-order valence-electron chi connectivity index (χ4n) is 1.20. The molecule has 0 aliphatic carbocycles. The Hall–Kier alpha value is -1.15. The molecule has 0 atom stereocenters.